The van der Waals surface area contributed by atoms with Gasteiger partial charge in [0.25, 0.3) is 0 Å². The van der Waals surface area contributed by atoms with E-state index in [1.807, 2.05) is 0 Å². The average molecular weight is 188 g/mol. The summed E-state index contributed by atoms with van der Waals surface area (Å²) in [6.45, 7) is 3.54. The summed E-state index contributed by atoms with van der Waals surface area (Å²) < 4.78 is 4.36. The number of ether oxygens (including phenoxy) is 1. The molecule has 5 heteroatoms. The molecule has 0 aromatic rings. The standard InChI is InChI=1S/C8H16N2O3/c1-8(2,5-9)7(12)10-4-6(11)13-3/h4-5,9H2,1-3H3,(H,10,12). The van der Waals surface area contributed by atoms with E-state index in [9.17, 15) is 9.59 Å². The van der Waals surface area contributed by atoms with Crippen molar-refractivity contribution in [1.29, 1.82) is 0 Å². The molecule has 3 N–H and O–H groups in total. The first kappa shape index (κ1) is 11.9. The number of nitrogens with one attached hydrogen (secondary N) is 1. The number of rotatable bonds is 4. The van der Waals surface area contributed by atoms with Crippen molar-refractivity contribution < 1.29 is 14.3 Å². The fourth-order valence-corrected chi connectivity index (χ4v) is 0.557. The molecule has 0 spiro atoms. The minimum atomic E-state index is -0.645. The van der Waals surface area contributed by atoms with E-state index in [2.05, 4.69) is 10.1 Å². The second kappa shape index (κ2) is 4.81. The van der Waals surface area contributed by atoms with Gasteiger partial charge in [0.1, 0.15) is 6.54 Å². The van der Waals surface area contributed by atoms with Gasteiger partial charge in [-0.3, -0.25) is 9.59 Å². The molecule has 0 bridgehead atoms. The van der Waals surface area contributed by atoms with Crippen molar-refractivity contribution in [2.75, 3.05) is 20.2 Å². The molecule has 0 aromatic carbocycles. The highest BCUT2D eigenvalue weighted by molar-refractivity contribution is 5.85. The van der Waals surface area contributed by atoms with Crippen molar-refractivity contribution in [3.8, 4) is 0 Å². The molecule has 0 aliphatic rings. The Labute approximate surface area is 77.6 Å². The molecule has 0 radical (unpaired) electrons. The Morgan fingerprint density at radius 2 is 2.00 bits per heavy atom. The van der Waals surface area contributed by atoms with E-state index in [0.29, 0.717) is 0 Å². The van der Waals surface area contributed by atoms with Gasteiger partial charge in [-0.25, -0.2) is 0 Å². The Bertz CT molecular complexity index is 202. The molecule has 0 saturated heterocycles. The van der Waals surface area contributed by atoms with Crippen LogP contribution >= 0.6 is 0 Å². The van der Waals surface area contributed by atoms with E-state index in [-0.39, 0.29) is 19.0 Å². The third-order valence-corrected chi connectivity index (χ3v) is 1.75. The van der Waals surface area contributed by atoms with Gasteiger partial charge < -0.3 is 15.8 Å². The van der Waals surface area contributed by atoms with Crippen LogP contribution in [0.1, 0.15) is 13.8 Å². The number of amides is 1. The third kappa shape index (κ3) is 3.89. The summed E-state index contributed by atoms with van der Waals surface area (Å²) in [5.74, 6) is -0.721. The highest BCUT2D eigenvalue weighted by Gasteiger charge is 2.25. The maximum absolute atomic E-state index is 11.3. The smallest absolute Gasteiger partial charge is 0.325 e. The highest BCUT2D eigenvalue weighted by Crippen LogP contribution is 2.11. The number of nitrogens with two attached hydrogens (primary N) is 1. The molecular formula is C8H16N2O3. The summed E-state index contributed by atoms with van der Waals surface area (Å²) in [6, 6.07) is 0. The summed E-state index contributed by atoms with van der Waals surface area (Å²) in [5, 5.41) is 2.43. The van der Waals surface area contributed by atoms with Crippen LogP contribution in [-0.2, 0) is 14.3 Å². The number of carbonyl (C=O) groups excluding carboxylic acids is 2. The van der Waals surface area contributed by atoms with E-state index in [1.54, 1.807) is 13.8 Å². The molecule has 0 aliphatic heterocycles. The molecule has 13 heavy (non-hydrogen) atoms. The predicted molar refractivity (Wildman–Crippen MR) is 47.9 cm³/mol. The van der Waals surface area contributed by atoms with Crippen molar-refractivity contribution in [3.05, 3.63) is 0 Å². The fraction of sp³-hybridized carbons (Fsp3) is 0.750. The molecule has 0 rings (SSSR count). The second-order valence-electron chi connectivity index (χ2n) is 3.35. The van der Waals surface area contributed by atoms with Gasteiger partial charge in [-0.05, 0) is 13.8 Å². The molecule has 0 aliphatic carbocycles. The maximum Gasteiger partial charge on any atom is 0.325 e. The topological polar surface area (TPSA) is 81.4 Å². The van der Waals surface area contributed by atoms with Gasteiger partial charge in [0.2, 0.25) is 5.91 Å². The lowest BCUT2D eigenvalue weighted by Crippen LogP contribution is -2.43. The summed E-state index contributed by atoms with van der Waals surface area (Å²) in [4.78, 5) is 22.0. The number of esters is 1. The van der Waals surface area contributed by atoms with Gasteiger partial charge in [0, 0.05) is 6.54 Å². The van der Waals surface area contributed by atoms with Crippen LogP contribution in [-0.4, -0.2) is 32.1 Å². The largest absolute Gasteiger partial charge is 0.468 e. The highest BCUT2D eigenvalue weighted by atomic mass is 16.5. The molecule has 1 amide bonds. The van der Waals surface area contributed by atoms with Crippen molar-refractivity contribution in [2.45, 2.75) is 13.8 Å². The van der Waals surface area contributed by atoms with Crippen LogP contribution in [0.2, 0.25) is 0 Å². The molecule has 0 fully saturated rings. The van der Waals surface area contributed by atoms with Crippen LogP contribution < -0.4 is 11.1 Å². The SMILES string of the molecule is COC(=O)CNC(=O)C(C)(C)CN. The van der Waals surface area contributed by atoms with Crippen LogP contribution in [0.3, 0.4) is 0 Å². The number of methoxy groups -OCH3 is 1. The average Bonchev–Trinajstić information content (AvgIpc) is 2.13. The summed E-state index contributed by atoms with van der Waals surface area (Å²) in [5.41, 5.74) is 4.72. The normalized spacial score (nSPS) is 10.8. The molecular weight excluding hydrogens is 172 g/mol. The maximum atomic E-state index is 11.3. The van der Waals surface area contributed by atoms with Crippen LogP contribution in [0.25, 0.3) is 0 Å². The Morgan fingerprint density at radius 1 is 1.46 bits per heavy atom. The minimum Gasteiger partial charge on any atom is -0.468 e. The molecule has 76 valence electrons. The number of hydrogen-bond donors (Lipinski definition) is 2. The lowest BCUT2D eigenvalue weighted by molar-refractivity contribution is -0.142. The van der Waals surface area contributed by atoms with Gasteiger partial charge in [0.15, 0.2) is 0 Å². The zero-order chi connectivity index (χ0) is 10.5. The van der Waals surface area contributed by atoms with Gasteiger partial charge >= 0.3 is 5.97 Å². The zero-order valence-electron chi connectivity index (χ0n) is 8.22. The molecule has 0 aromatic heterocycles. The Balaban J connectivity index is 3.95. The van der Waals surface area contributed by atoms with Crippen LogP contribution in [0.15, 0.2) is 0 Å². The van der Waals surface area contributed by atoms with Crippen LogP contribution in [0.4, 0.5) is 0 Å². The zero-order valence-corrected chi connectivity index (χ0v) is 8.22. The van der Waals surface area contributed by atoms with Gasteiger partial charge in [-0.15, -0.1) is 0 Å². The molecule has 5 nitrogen and oxygen atoms in total. The van der Waals surface area contributed by atoms with Crippen molar-refractivity contribution in [2.24, 2.45) is 11.1 Å². The number of carbonyl (C=O) groups is 2. The van der Waals surface area contributed by atoms with Crippen molar-refractivity contribution in [1.82, 2.24) is 5.32 Å². The van der Waals surface area contributed by atoms with E-state index >= 15 is 0 Å². The first-order valence-corrected chi connectivity index (χ1v) is 3.99. The van der Waals surface area contributed by atoms with Gasteiger partial charge in [0.05, 0.1) is 12.5 Å². The van der Waals surface area contributed by atoms with Crippen molar-refractivity contribution >= 4 is 11.9 Å². The van der Waals surface area contributed by atoms with E-state index in [4.69, 9.17) is 5.73 Å². The van der Waals surface area contributed by atoms with E-state index < -0.39 is 11.4 Å². The number of hydrogen-bond acceptors (Lipinski definition) is 4. The Kier molecular flexibility index (Phi) is 4.40. The lowest BCUT2D eigenvalue weighted by Gasteiger charge is -2.20. The quantitative estimate of drug-likeness (QED) is 0.569. The lowest BCUT2D eigenvalue weighted by atomic mass is 9.93. The first-order chi connectivity index (χ1) is 5.94. The Morgan fingerprint density at radius 3 is 2.38 bits per heavy atom. The predicted octanol–water partition coefficient (Wildman–Crippen LogP) is -0.739. The summed E-state index contributed by atoms with van der Waals surface area (Å²) in [6.07, 6.45) is 0. The van der Waals surface area contributed by atoms with E-state index in [1.165, 1.54) is 7.11 Å². The molecule has 0 unspecified atom stereocenters. The summed E-state index contributed by atoms with van der Waals surface area (Å²) >= 11 is 0. The molecule has 0 heterocycles. The molecule has 0 saturated carbocycles. The van der Waals surface area contributed by atoms with Crippen LogP contribution in [0, 0.1) is 5.41 Å². The third-order valence-electron chi connectivity index (χ3n) is 1.75. The molecule has 0 atom stereocenters. The van der Waals surface area contributed by atoms with E-state index in [0.717, 1.165) is 0 Å². The van der Waals surface area contributed by atoms with Crippen molar-refractivity contribution in [3.63, 3.8) is 0 Å². The fourth-order valence-electron chi connectivity index (χ4n) is 0.557. The van der Waals surface area contributed by atoms with Crippen LogP contribution in [0.5, 0.6) is 0 Å². The minimum absolute atomic E-state index is 0.112. The van der Waals surface area contributed by atoms with Gasteiger partial charge in [-0.2, -0.15) is 0 Å². The van der Waals surface area contributed by atoms with Gasteiger partial charge in [-0.1, -0.05) is 0 Å². The monoisotopic (exact) mass is 188 g/mol. The Hall–Kier alpha value is -1.10. The first-order valence-electron chi connectivity index (χ1n) is 3.99. The summed E-state index contributed by atoms with van der Waals surface area (Å²) in [7, 11) is 1.27. The second-order valence-corrected chi connectivity index (χ2v) is 3.35.